The summed E-state index contributed by atoms with van der Waals surface area (Å²) in [6, 6.07) is 10.4. The van der Waals surface area contributed by atoms with Crippen molar-refractivity contribution in [3.8, 4) is 0 Å². The molecule has 1 aliphatic carbocycles. The quantitative estimate of drug-likeness (QED) is 0.919. The lowest BCUT2D eigenvalue weighted by Crippen LogP contribution is -2.51. The van der Waals surface area contributed by atoms with E-state index in [-0.39, 0.29) is 17.4 Å². The molecule has 20 heavy (non-hydrogen) atoms. The first-order valence-corrected chi connectivity index (χ1v) is 7.75. The van der Waals surface area contributed by atoms with E-state index in [2.05, 4.69) is 17.4 Å². The first-order valence-electron chi connectivity index (χ1n) is 7.75. The van der Waals surface area contributed by atoms with E-state index in [0.717, 1.165) is 38.9 Å². The maximum Gasteiger partial charge on any atom is 0.223 e. The SMILES string of the molecule is O=C(NC1(c2ccccc2)CCOCC1)C1CCCC1. The fourth-order valence-corrected chi connectivity index (χ4v) is 3.49. The van der Waals surface area contributed by atoms with Crippen LogP contribution in [0.5, 0.6) is 0 Å². The smallest absolute Gasteiger partial charge is 0.223 e. The first-order chi connectivity index (χ1) is 9.80. The molecule has 3 rings (SSSR count). The van der Waals surface area contributed by atoms with Crippen LogP contribution in [0.15, 0.2) is 30.3 Å². The third-order valence-corrected chi connectivity index (χ3v) is 4.76. The van der Waals surface area contributed by atoms with Gasteiger partial charge >= 0.3 is 0 Å². The van der Waals surface area contributed by atoms with E-state index in [1.807, 2.05) is 18.2 Å². The molecule has 1 N–H and O–H groups in total. The highest BCUT2D eigenvalue weighted by atomic mass is 16.5. The standard InChI is InChI=1S/C17H23NO2/c19-16(14-6-4-5-7-14)18-17(10-12-20-13-11-17)15-8-2-1-3-9-15/h1-3,8-9,14H,4-7,10-13H2,(H,18,19). The molecule has 3 heteroatoms. The highest BCUT2D eigenvalue weighted by molar-refractivity contribution is 5.80. The van der Waals surface area contributed by atoms with E-state index in [1.54, 1.807) is 0 Å². The van der Waals surface area contributed by atoms with Crippen LogP contribution in [0.3, 0.4) is 0 Å². The van der Waals surface area contributed by atoms with Crippen LogP contribution in [0.2, 0.25) is 0 Å². The van der Waals surface area contributed by atoms with Crippen LogP contribution < -0.4 is 5.32 Å². The average Bonchev–Trinajstić information content (AvgIpc) is 3.03. The highest BCUT2D eigenvalue weighted by Gasteiger charge is 2.37. The molecule has 1 heterocycles. The summed E-state index contributed by atoms with van der Waals surface area (Å²) >= 11 is 0. The van der Waals surface area contributed by atoms with Crippen LogP contribution in [0.4, 0.5) is 0 Å². The fraction of sp³-hybridized carbons (Fsp3) is 0.588. The summed E-state index contributed by atoms with van der Waals surface area (Å²) in [7, 11) is 0. The summed E-state index contributed by atoms with van der Waals surface area (Å²) in [5.41, 5.74) is 0.994. The van der Waals surface area contributed by atoms with Gasteiger partial charge in [-0.25, -0.2) is 0 Å². The minimum Gasteiger partial charge on any atom is -0.381 e. The molecule has 1 aliphatic heterocycles. The maximum atomic E-state index is 12.5. The van der Waals surface area contributed by atoms with E-state index >= 15 is 0 Å². The van der Waals surface area contributed by atoms with Crippen molar-refractivity contribution in [2.24, 2.45) is 5.92 Å². The molecule has 0 bridgehead atoms. The van der Waals surface area contributed by atoms with Gasteiger partial charge in [-0.05, 0) is 31.2 Å². The second-order valence-electron chi connectivity index (χ2n) is 6.03. The normalized spacial score (nSPS) is 22.6. The van der Waals surface area contributed by atoms with Crippen LogP contribution >= 0.6 is 0 Å². The molecule has 1 aromatic carbocycles. The van der Waals surface area contributed by atoms with E-state index in [0.29, 0.717) is 0 Å². The van der Waals surface area contributed by atoms with Crippen molar-refractivity contribution in [1.82, 2.24) is 5.32 Å². The topological polar surface area (TPSA) is 38.3 Å². The largest absolute Gasteiger partial charge is 0.381 e. The van der Waals surface area contributed by atoms with Crippen molar-refractivity contribution < 1.29 is 9.53 Å². The highest BCUT2D eigenvalue weighted by Crippen LogP contribution is 2.34. The Kier molecular flexibility index (Phi) is 4.06. The average molecular weight is 273 g/mol. The van der Waals surface area contributed by atoms with Crippen molar-refractivity contribution in [1.29, 1.82) is 0 Å². The molecule has 3 nitrogen and oxygen atoms in total. The Morgan fingerprint density at radius 3 is 2.40 bits per heavy atom. The molecule has 0 spiro atoms. The van der Waals surface area contributed by atoms with E-state index in [9.17, 15) is 4.79 Å². The fourth-order valence-electron chi connectivity index (χ4n) is 3.49. The maximum absolute atomic E-state index is 12.5. The lowest BCUT2D eigenvalue weighted by molar-refractivity contribution is -0.128. The van der Waals surface area contributed by atoms with Gasteiger partial charge in [0.05, 0.1) is 5.54 Å². The van der Waals surface area contributed by atoms with Gasteiger partial charge in [0.25, 0.3) is 0 Å². The monoisotopic (exact) mass is 273 g/mol. The van der Waals surface area contributed by atoms with E-state index in [1.165, 1.54) is 18.4 Å². The van der Waals surface area contributed by atoms with Gasteiger partial charge < -0.3 is 10.1 Å². The minimum absolute atomic E-state index is 0.221. The van der Waals surface area contributed by atoms with Crippen LogP contribution in [0, 0.1) is 5.92 Å². The molecule has 0 aromatic heterocycles. The van der Waals surface area contributed by atoms with Gasteiger partial charge in [0.1, 0.15) is 0 Å². The Morgan fingerprint density at radius 2 is 1.75 bits per heavy atom. The van der Waals surface area contributed by atoms with Crippen molar-refractivity contribution in [2.75, 3.05) is 13.2 Å². The van der Waals surface area contributed by atoms with E-state index < -0.39 is 0 Å². The molecule has 108 valence electrons. The number of carbonyl (C=O) groups is 1. The lowest BCUT2D eigenvalue weighted by atomic mass is 9.82. The van der Waals surface area contributed by atoms with Gasteiger partial charge in [-0.2, -0.15) is 0 Å². The van der Waals surface area contributed by atoms with Crippen LogP contribution in [-0.2, 0) is 15.1 Å². The van der Waals surface area contributed by atoms with Gasteiger partial charge in [0, 0.05) is 19.1 Å². The minimum atomic E-state index is -0.223. The number of amides is 1. The Morgan fingerprint density at radius 1 is 1.10 bits per heavy atom. The van der Waals surface area contributed by atoms with Crippen LogP contribution in [0.1, 0.15) is 44.1 Å². The lowest BCUT2D eigenvalue weighted by Gasteiger charge is -2.39. The molecular weight excluding hydrogens is 250 g/mol. The molecule has 1 saturated heterocycles. The van der Waals surface area contributed by atoms with Crippen molar-refractivity contribution in [3.63, 3.8) is 0 Å². The van der Waals surface area contributed by atoms with Crippen LogP contribution in [-0.4, -0.2) is 19.1 Å². The number of hydrogen-bond acceptors (Lipinski definition) is 2. The molecule has 1 aromatic rings. The van der Waals surface area contributed by atoms with Gasteiger partial charge in [-0.3, -0.25) is 4.79 Å². The number of nitrogens with one attached hydrogen (secondary N) is 1. The predicted octanol–water partition coefficient (Wildman–Crippen LogP) is 3.00. The van der Waals surface area contributed by atoms with Gasteiger partial charge in [-0.15, -0.1) is 0 Å². The summed E-state index contributed by atoms with van der Waals surface area (Å²) in [5, 5.41) is 3.37. The number of hydrogen-bond donors (Lipinski definition) is 1. The zero-order valence-electron chi connectivity index (χ0n) is 11.9. The summed E-state index contributed by atoms with van der Waals surface area (Å²) < 4.78 is 5.50. The molecule has 1 saturated carbocycles. The Balaban J connectivity index is 1.80. The van der Waals surface area contributed by atoms with Crippen molar-refractivity contribution in [2.45, 2.75) is 44.1 Å². The zero-order valence-corrected chi connectivity index (χ0v) is 11.9. The first kappa shape index (κ1) is 13.6. The molecule has 2 aliphatic rings. The summed E-state index contributed by atoms with van der Waals surface area (Å²) in [6.45, 7) is 1.44. The number of ether oxygens (including phenoxy) is 1. The number of carbonyl (C=O) groups excluding carboxylic acids is 1. The third-order valence-electron chi connectivity index (χ3n) is 4.76. The Labute approximate surface area is 120 Å². The summed E-state index contributed by atoms with van der Waals surface area (Å²) in [4.78, 5) is 12.5. The number of rotatable bonds is 3. The van der Waals surface area contributed by atoms with Gasteiger partial charge in [0.2, 0.25) is 5.91 Å². The predicted molar refractivity (Wildman–Crippen MR) is 78.3 cm³/mol. The summed E-state index contributed by atoms with van der Waals surface area (Å²) in [5.74, 6) is 0.465. The third kappa shape index (κ3) is 2.73. The summed E-state index contributed by atoms with van der Waals surface area (Å²) in [6.07, 6.45) is 6.23. The molecule has 0 radical (unpaired) electrons. The zero-order chi connectivity index (χ0) is 13.8. The second-order valence-corrected chi connectivity index (χ2v) is 6.03. The molecule has 1 amide bonds. The Bertz CT molecular complexity index is 445. The molecular formula is C17H23NO2. The van der Waals surface area contributed by atoms with Gasteiger partial charge in [-0.1, -0.05) is 43.2 Å². The Hall–Kier alpha value is -1.35. The number of benzene rings is 1. The molecule has 0 unspecified atom stereocenters. The van der Waals surface area contributed by atoms with Crippen LogP contribution in [0.25, 0.3) is 0 Å². The van der Waals surface area contributed by atoms with E-state index in [4.69, 9.17) is 4.74 Å². The second kappa shape index (κ2) is 5.96. The van der Waals surface area contributed by atoms with Crippen molar-refractivity contribution >= 4 is 5.91 Å². The van der Waals surface area contributed by atoms with Gasteiger partial charge in [0.15, 0.2) is 0 Å². The van der Waals surface area contributed by atoms with Crippen molar-refractivity contribution in [3.05, 3.63) is 35.9 Å². The molecule has 0 atom stereocenters. The molecule has 2 fully saturated rings.